The van der Waals surface area contributed by atoms with Gasteiger partial charge in [-0.15, -0.1) is 0 Å². The Balaban J connectivity index is 2.38. The van der Waals surface area contributed by atoms with Gasteiger partial charge >= 0.3 is 0 Å². The lowest BCUT2D eigenvalue weighted by molar-refractivity contribution is -0.141. The van der Waals surface area contributed by atoms with Crippen molar-refractivity contribution in [3.05, 3.63) is 35.9 Å². The zero-order chi connectivity index (χ0) is 12.5. The molecular weight excluding hydrogens is 214 g/mol. The molecule has 2 N–H and O–H groups in total. The van der Waals surface area contributed by atoms with E-state index < -0.39 is 0 Å². The maximum atomic E-state index is 6.11. The Labute approximate surface area is 104 Å². The molecule has 3 heteroatoms. The van der Waals surface area contributed by atoms with Crippen LogP contribution in [-0.4, -0.2) is 25.5 Å². The van der Waals surface area contributed by atoms with Crippen LogP contribution in [-0.2, 0) is 15.9 Å². The van der Waals surface area contributed by atoms with Gasteiger partial charge in [-0.2, -0.15) is 0 Å². The summed E-state index contributed by atoms with van der Waals surface area (Å²) in [7, 11) is 0. The van der Waals surface area contributed by atoms with E-state index in [-0.39, 0.29) is 12.3 Å². The Kier molecular flexibility index (Phi) is 6.86. The molecule has 0 saturated carbocycles. The average molecular weight is 237 g/mol. The van der Waals surface area contributed by atoms with E-state index >= 15 is 0 Å². The van der Waals surface area contributed by atoms with E-state index in [0.717, 1.165) is 12.8 Å². The van der Waals surface area contributed by atoms with Crippen molar-refractivity contribution in [1.82, 2.24) is 0 Å². The predicted molar refractivity (Wildman–Crippen MR) is 69.8 cm³/mol. The van der Waals surface area contributed by atoms with Crippen molar-refractivity contribution in [2.75, 3.05) is 13.2 Å². The first-order chi connectivity index (χ1) is 8.26. The molecule has 1 aromatic rings. The zero-order valence-corrected chi connectivity index (χ0v) is 10.8. The summed E-state index contributed by atoms with van der Waals surface area (Å²) < 4.78 is 11.0. The van der Waals surface area contributed by atoms with E-state index in [1.54, 1.807) is 0 Å². The maximum Gasteiger partial charge on any atom is 0.159 e. The van der Waals surface area contributed by atoms with Gasteiger partial charge in [0.25, 0.3) is 0 Å². The van der Waals surface area contributed by atoms with Crippen LogP contribution in [0.25, 0.3) is 0 Å². The summed E-state index contributed by atoms with van der Waals surface area (Å²) in [4.78, 5) is 0. The Morgan fingerprint density at radius 3 is 2.18 bits per heavy atom. The van der Waals surface area contributed by atoms with E-state index in [1.165, 1.54) is 5.56 Å². The second-order valence-electron chi connectivity index (χ2n) is 4.03. The Morgan fingerprint density at radius 2 is 1.65 bits per heavy atom. The van der Waals surface area contributed by atoms with Gasteiger partial charge in [-0.3, -0.25) is 0 Å². The van der Waals surface area contributed by atoms with Crippen molar-refractivity contribution < 1.29 is 9.47 Å². The summed E-state index contributed by atoms with van der Waals surface area (Å²) in [5, 5.41) is 0. The van der Waals surface area contributed by atoms with Crippen molar-refractivity contribution in [2.45, 2.75) is 39.0 Å². The summed E-state index contributed by atoms with van der Waals surface area (Å²) >= 11 is 0. The van der Waals surface area contributed by atoms with Crippen LogP contribution in [0.4, 0.5) is 0 Å². The molecular formula is C14H23NO2. The highest BCUT2D eigenvalue weighted by molar-refractivity contribution is 5.15. The van der Waals surface area contributed by atoms with Crippen LogP contribution in [0.2, 0.25) is 0 Å². The number of hydrogen-bond acceptors (Lipinski definition) is 3. The first-order valence-electron chi connectivity index (χ1n) is 6.29. The van der Waals surface area contributed by atoms with Gasteiger partial charge in [0.2, 0.25) is 0 Å². The summed E-state index contributed by atoms with van der Waals surface area (Å²) in [6, 6.07) is 10.3. The van der Waals surface area contributed by atoms with Crippen LogP contribution in [0.5, 0.6) is 0 Å². The zero-order valence-electron chi connectivity index (χ0n) is 10.8. The minimum Gasteiger partial charge on any atom is -0.353 e. The fourth-order valence-electron chi connectivity index (χ4n) is 1.80. The van der Waals surface area contributed by atoms with Gasteiger partial charge in [-0.1, -0.05) is 30.3 Å². The van der Waals surface area contributed by atoms with Crippen LogP contribution in [0.3, 0.4) is 0 Å². The summed E-state index contributed by atoms with van der Waals surface area (Å²) in [5.41, 5.74) is 7.36. The Morgan fingerprint density at radius 1 is 1.06 bits per heavy atom. The lowest BCUT2D eigenvalue weighted by Gasteiger charge is -2.20. The topological polar surface area (TPSA) is 44.5 Å². The van der Waals surface area contributed by atoms with E-state index in [4.69, 9.17) is 15.2 Å². The molecule has 96 valence electrons. The number of benzene rings is 1. The molecule has 0 amide bonds. The van der Waals surface area contributed by atoms with E-state index in [9.17, 15) is 0 Å². The SMILES string of the molecule is CCOC(CC(N)Cc1ccccc1)OCC. The van der Waals surface area contributed by atoms with Gasteiger partial charge in [0.15, 0.2) is 6.29 Å². The monoisotopic (exact) mass is 237 g/mol. The third kappa shape index (κ3) is 5.82. The minimum atomic E-state index is -0.177. The molecule has 1 aromatic carbocycles. The molecule has 0 fully saturated rings. The molecule has 0 aliphatic rings. The average Bonchev–Trinajstić information content (AvgIpc) is 2.30. The summed E-state index contributed by atoms with van der Waals surface area (Å²) in [5.74, 6) is 0. The van der Waals surface area contributed by atoms with Crippen LogP contribution < -0.4 is 5.73 Å². The molecule has 0 aromatic heterocycles. The molecule has 1 unspecified atom stereocenters. The Hall–Kier alpha value is -0.900. The van der Waals surface area contributed by atoms with Gasteiger partial charge in [0.1, 0.15) is 0 Å². The first-order valence-corrected chi connectivity index (χ1v) is 6.29. The molecule has 0 radical (unpaired) electrons. The third-order valence-corrected chi connectivity index (χ3v) is 2.54. The van der Waals surface area contributed by atoms with E-state index in [2.05, 4.69) is 12.1 Å². The maximum absolute atomic E-state index is 6.11. The molecule has 0 heterocycles. The summed E-state index contributed by atoms with van der Waals surface area (Å²) in [6.45, 7) is 5.24. The number of rotatable bonds is 8. The highest BCUT2D eigenvalue weighted by Crippen LogP contribution is 2.09. The van der Waals surface area contributed by atoms with Gasteiger partial charge < -0.3 is 15.2 Å². The lowest BCUT2D eigenvalue weighted by Crippen LogP contribution is -2.31. The second-order valence-corrected chi connectivity index (χ2v) is 4.03. The molecule has 1 rings (SSSR count). The van der Waals surface area contributed by atoms with Crippen LogP contribution in [0.15, 0.2) is 30.3 Å². The van der Waals surface area contributed by atoms with E-state index in [1.807, 2.05) is 32.0 Å². The first kappa shape index (κ1) is 14.2. The van der Waals surface area contributed by atoms with E-state index in [0.29, 0.717) is 13.2 Å². The van der Waals surface area contributed by atoms with Crippen LogP contribution in [0, 0.1) is 0 Å². The molecule has 3 nitrogen and oxygen atoms in total. The number of ether oxygens (including phenoxy) is 2. The van der Waals surface area contributed by atoms with Crippen molar-refractivity contribution >= 4 is 0 Å². The Bertz CT molecular complexity index is 284. The van der Waals surface area contributed by atoms with Gasteiger partial charge in [0.05, 0.1) is 0 Å². The molecule has 1 atom stereocenters. The number of nitrogens with two attached hydrogens (primary N) is 1. The fraction of sp³-hybridized carbons (Fsp3) is 0.571. The lowest BCUT2D eigenvalue weighted by atomic mass is 10.0. The molecule has 0 bridgehead atoms. The fourth-order valence-corrected chi connectivity index (χ4v) is 1.80. The van der Waals surface area contributed by atoms with Crippen molar-refractivity contribution in [3.63, 3.8) is 0 Å². The summed E-state index contributed by atoms with van der Waals surface area (Å²) in [6.07, 6.45) is 1.41. The smallest absolute Gasteiger partial charge is 0.159 e. The highest BCUT2D eigenvalue weighted by Gasteiger charge is 2.13. The van der Waals surface area contributed by atoms with Gasteiger partial charge in [-0.05, 0) is 25.8 Å². The molecule has 17 heavy (non-hydrogen) atoms. The largest absolute Gasteiger partial charge is 0.353 e. The van der Waals surface area contributed by atoms with Crippen molar-refractivity contribution in [3.8, 4) is 0 Å². The standard InChI is InChI=1S/C14H23NO2/c1-3-16-14(17-4-2)11-13(15)10-12-8-6-5-7-9-12/h5-9,13-14H,3-4,10-11,15H2,1-2H3. The molecule has 0 aliphatic carbocycles. The minimum absolute atomic E-state index is 0.0699. The third-order valence-electron chi connectivity index (χ3n) is 2.54. The molecule has 0 saturated heterocycles. The highest BCUT2D eigenvalue weighted by atomic mass is 16.7. The van der Waals surface area contributed by atoms with Gasteiger partial charge in [-0.25, -0.2) is 0 Å². The van der Waals surface area contributed by atoms with Crippen molar-refractivity contribution in [1.29, 1.82) is 0 Å². The second kappa shape index (κ2) is 8.23. The van der Waals surface area contributed by atoms with Crippen molar-refractivity contribution in [2.24, 2.45) is 5.73 Å². The normalized spacial score (nSPS) is 12.9. The predicted octanol–water partition coefficient (Wildman–Crippen LogP) is 2.35. The quantitative estimate of drug-likeness (QED) is 0.706. The number of hydrogen-bond donors (Lipinski definition) is 1. The molecule has 0 aliphatic heterocycles. The van der Waals surface area contributed by atoms with Gasteiger partial charge in [0, 0.05) is 25.7 Å². The van der Waals surface area contributed by atoms with Crippen LogP contribution >= 0.6 is 0 Å². The molecule has 0 spiro atoms. The van der Waals surface area contributed by atoms with Crippen LogP contribution in [0.1, 0.15) is 25.8 Å².